The number of benzene rings is 1. The summed E-state index contributed by atoms with van der Waals surface area (Å²) in [5.74, 6) is 0.746. The molecule has 1 amide bonds. The van der Waals surface area contributed by atoms with E-state index in [1.54, 1.807) is 0 Å². The highest BCUT2D eigenvalue weighted by molar-refractivity contribution is 5.98. The summed E-state index contributed by atoms with van der Waals surface area (Å²) in [6, 6.07) is 8.03. The Morgan fingerprint density at radius 2 is 1.91 bits per heavy atom. The van der Waals surface area contributed by atoms with E-state index in [-0.39, 0.29) is 17.7 Å². The van der Waals surface area contributed by atoms with Crippen LogP contribution in [0.25, 0.3) is 0 Å². The summed E-state index contributed by atoms with van der Waals surface area (Å²) in [6.45, 7) is 8.80. The minimum atomic E-state index is 0.0530. The van der Waals surface area contributed by atoms with Gasteiger partial charge in [0.1, 0.15) is 0 Å². The fraction of sp³-hybridized carbons (Fsp3) is 0.579. The number of hydrogen-bond donors (Lipinski definition) is 1. The molecule has 1 N–H and O–H groups in total. The van der Waals surface area contributed by atoms with Crippen molar-refractivity contribution in [1.82, 2.24) is 10.2 Å². The zero-order valence-electron chi connectivity index (χ0n) is 14.5. The molecule has 4 heteroatoms. The van der Waals surface area contributed by atoms with E-state index in [1.807, 2.05) is 36.1 Å². The maximum Gasteiger partial charge on any atom is 0.223 e. The van der Waals surface area contributed by atoms with Crippen molar-refractivity contribution in [2.24, 2.45) is 5.92 Å². The molecule has 0 spiro atoms. The van der Waals surface area contributed by atoms with Crippen LogP contribution in [-0.4, -0.2) is 42.3 Å². The van der Waals surface area contributed by atoms with E-state index in [1.165, 1.54) is 5.56 Å². The predicted octanol–water partition coefficient (Wildman–Crippen LogP) is 2.67. The van der Waals surface area contributed by atoms with Crippen molar-refractivity contribution in [2.75, 3.05) is 19.6 Å². The zero-order chi connectivity index (χ0) is 16.8. The van der Waals surface area contributed by atoms with E-state index >= 15 is 0 Å². The molecule has 1 saturated heterocycles. The number of carbonyl (C=O) groups excluding carboxylic acids is 2. The molecule has 0 aliphatic carbocycles. The van der Waals surface area contributed by atoms with Gasteiger partial charge in [0.2, 0.25) is 5.91 Å². The average Bonchev–Trinajstić information content (AvgIpc) is 2.53. The van der Waals surface area contributed by atoms with E-state index in [9.17, 15) is 9.59 Å². The number of ketones is 1. The van der Waals surface area contributed by atoms with Gasteiger partial charge in [-0.3, -0.25) is 9.59 Å². The first-order valence-corrected chi connectivity index (χ1v) is 8.59. The first-order chi connectivity index (χ1) is 11.0. The van der Waals surface area contributed by atoms with Gasteiger partial charge in [-0.15, -0.1) is 0 Å². The molecule has 1 heterocycles. The molecule has 1 atom stereocenters. The van der Waals surface area contributed by atoms with Gasteiger partial charge in [-0.05, 0) is 24.8 Å². The molecule has 0 aromatic heterocycles. The lowest BCUT2D eigenvalue weighted by Crippen LogP contribution is -2.52. The van der Waals surface area contributed by atoms with Crippen molar-refractivity contribution in [3.8, 4) is 0 Å². The minimum absolute atomic E-state index is 0.0530. The van der Waals surface area contributed by atoms with Gasteiger partial charge in [-0.1, -0.05) is 38.1 Å². The Labute approximate surface area is 139 Å². The Balaban J connectivity index is 1.85. The Hall–Kier alpha value is -1.68. The highest BCUT2D eigenvalue weighted by atomic mass is 16.2. The van der Waals surface area contributed by atoms with Crippen LogP contribution in [0, 0.1) is 5.92 Å². The quantitative estimate of drug-likeness (QED) is 0.821. The summed E-state index contributed by atoms with van der Waals surface area (Å²) >= 11 is 0. The number of nitrogens with one attached hydrogen (secondary N) is 1. The molecule has 1 aromatic rings. The van der Waals surface area contributed by atoms with Crippen LogP contribution < -0.4 is 5.32 Å². The molecule has 1 unspecified atom stereocenters. The predicted molar refractivity (Wildman–Crippen MR) is 92.6 cm³/mol. The third-order valence-electron chi connectivity index (χ3n) is 4.31. The fourth-order valence-corrected chi connectivity index (χ4v) is 3.02. The van der Waals surface area contributed by atoms with Crippen LogP contribution >= 0.6 is 0 Å². The van der Waals surface area contributed by atoms with Crippen molar-refractivity contribution in [3.63, 3.8) is 0 Å². The van der Waals surface area contributed by atoms with Crippen LogP contribution in [0.4, 0.5) is 0 Å². The Kier molecular flexibility index (Phi) is 6.34. The molecule has 1 fully saturated rings. The van der Waals surface area contributed by atoms with Crippen molar-refractivity contribution in [3.05, 3.63) is 35.4 Å². The number of amides is 1. The molecule has 1 aliphatic heterocycles. The normalized spacial score (nSPS) is 18.3. The van der Waals surface area contributed by atoms with Gasteiger partial charge in [0.25, 0.3) is 0 Å². The molecule has 0 radical (unpaired) electrons. The van der Waals surface area contributed by atoms with Gasteiger partial charge in [-0.25, -0.2) is 0 Å². The van der Waals surface area contributed by atoms with Gasteiger partial charge in [0.05, 0.1) is 0 Å². The van der Waals surface area contributed by atoms with E-state index in [0.717, 1.165) is 26.1 Å². The number of piperazine rings is 1. The molecule has 23 heavy (non-hydrogen) atoms. The summed E-state index contributed by atoms with van der Waals surface area (Å²) in [6.07, 6.45) is 1.61. The topological polar surface area (TPSA) is 49.4 Å². The number of carbonyl (C=O) groups is 2. The van der Waals surface area contributed by atoms with Gasteiger partial charge >= 0.3 is 0 Å². The first kappa shape index (κ1) is 17.7. The van der Waals surface area contributed by atoms with Gasteiger partial charge in [0.15, 0.2) is 5.78 Å². The van der Waals surface area contributed by atoms with Crippen molar-refractivity contribution < 1.29 is 9.59 Å². The van der Waals surface area contributed by atoms with Crippen LogP contribution in [-0.2, 0) is 11.2 Å². The molecule has 1 aromatic carbocycles. The lowest BCUT2D eigenvalue weighted by atomic mass is 9.99. The molecule has 126 valence electrons. The second-order valence-corrected chi connectivity index (χ2v) is 6.86. The molecule has 2 rings (SSSR count). The molecular weight excluding hydrogens is 288 g/mol. The van der Waals surface area contributed by atoms with Gasteiger partial charge in [-0.2, -0.15) is 0 Å². The van der Waals surface area contributed by atoms with Crippen molar-refractivity contribution in [2.45, 2.75) is 46.1 Å². The summed E-state index contributed by atoms with van der Waals surface area (Å²) < 4.78 is 0. The number of Topliss-reactive ketones (excluding diaryl/α,β-unsaturated/α-hetero) is 1. The van der Waals surface area contributed by atoms with Crippen LogP contribution in [0.15, 0.2) is 24.3 Å². The van der Waals surface area contributed by atoms with Gasteiger partial charge < -0.3 is 10.2 Å². The highest BCUT2D eigenvalue weighted by Crippen LogP contribution is 2.13. The smallest absolute Gasteiger partial charge is 0.223 e. The highest BCUT2D eigenvalue weighted by Gasteiger charge is 2.23. The van der Waals surface area contributed by atoms with Crippen LogP contribution in [0.3, 0.4) is 0 Å². The van der Waals surface area contributed by atoms with Gasteiger partial charge in [0, 0.05) is 44.1 Å². The molecule has 0 saturated carbocycles. The summed E-state index contributed by atoms with van der Waals surface area (Å²) in [5.41, 5.74) is 1.96. The molecule has 4 nitrogen and oxygen atoms in total. The van der Waals surface area contributed by atoms with Crippen molar-refractivity contribution >= 4 is 11.7 Å². The molecule has 1 aliphatic rings. The monoisotopic (exact) mass is 316 g/mol. The minimum Gasteiger partial charge on any atom is -0.337 e. The Bertz CT molecular complexity index is 537. The third-order valence-corrected chi connectivity index (χ3v) is 4.31. The van der Waals surface area contributed by atoms with Crippen LogP contribution in [0.1, 0.15) is 49.5 Å². The summed E-state index contributed by atoms with van der Waals surface area (Å²) in [4.78, 5) is 26.4. The van der Waals surface area contributed by atoms with E-state index in [4.69, 9.17) is 0 Å². The standard InChI is InChI=1S/C19H28N2O2/c1-14(2)12-16-4-6-17(7-5-16)18(22)8-9-19(23)21-11-10-20-13-15(21)3/h4-7,14-15,20H,8-13H2,1-3H3. The lowest BCUT2D eigenvalue weighted by molar-refractivity contribution is -0.133. The third kappa shape index (κ3) is 5.17. The van der Waals surface area contributed by atoms with Crippen LogP contribution in [0.5, 0.6) is 0 Å². The van der Waals surface area contributed by atoms with E-state index < -0.39 is 0 Å². The SMILES string of the molecule is CC(C)Cc1ccc(C(=O)CCC(=O)N2CCNCC2C)cc1. The Morgan fingerprint density at radius 3 is 2.52 bits per heavy atom. The largest absolute Gasteiger partial charge is 0.337 e. The zero-order valence-corrected chi connectivity index (χ0v) is 14.5. The van der Waals surface area contributed by atoms with Crippen molar-refractivity contribution in [1.29, 1.82) is 0 Å². The molecule has 0 bridgehead atoms. The van der Waals surface area contributed by atoms with E-state index in [2.05, 4.69) is 19.2 Å². The second-order valence-electron chi connectivity index (χ2n) is 6.86. The Morgan fingerprint density at radius 1 is 1.22 bits per heavy atom. The molecular formula is C19H28N2O2. The summed E-state index contributed by atoms with van der Waals surface area (Å²) in [5, 5.41) is 3.27. The fourth-order valence-electron chi connectivity index (χ4n) is 3.02. The second kappa shape index (κ2) is 8.25. The average molecular weight is 316 g/mol. The first-order valence-electron chi connectivity index (χ1n) is 8.59. The number of rotatable bonds is 6. The maximum absolute atomic E-state index is 12.3. The summed E-state index contributed by atoms with van der Waals surface area (Å²) in [7, 11) is 0. The number of nitrogens with zero attached hydrogens (tertiary/aromatic N) is 1. The lowest BCUT2D eigenvalue weighted by Gasteiger charge is -2.34. The number of hydrogen-bond acceptors (Lipinski definition) is 3. The van der Waals surface area contributed by atoms with Crippen LogP contribution in [0.2, 0.25) is 0 Å². The van der Waals surface area contributed by atoms with E-state index in [0.29, 0.717) is 24.3 Å². The maximum atomic E-state index is 12.3.